The molecule has 2 aliphatic rings. The molecule has 0 saturated carbocycles. The number of ether oxygens (including phenoxy) is 2. The first-order valence-electron chi connectivity index (χ1n) is 12.3. The summed E-state index contributed by atoms with van der Waals surface area (Å²) >= 11 is 5.97. The lowest BCUT2D eigenvalue weighted by Crippen LogP contribution is -2.40. The molecule has 3 aromatic carbocycles. The fourth-order valence-electron chi connectivity index (χ4n) is 5.49. The van der Waals surface area contributed by atoms with E-state index in [9.17, 15) is 14.9 Å². The predicted molar refractivity (Wildman–Crippen MR) is 143 cm³/mol. The van der Waals surface area contributed by atoms with Crippen LogP contribution in [0, 0.1) is 10.1 Å². The van der Waals surface area contributed by atoms with Crippen LogP contribution >= 0.6 is 11.6 Å². The van der Waals surface area contributed by atoms with E-state index in [1.165, 1.54) is 12.1 Å². The van der Waals surface area contributed by atoms with Crippen LogP contribution in [0.2, 0.25) is 5.02 Å². The Labute approximate surface area is 226 Å². The van der Waals surface area contributed by atoms with Gasteiger partial charge in [0.05, 0.1) is 16.5 Å². The number of nitrogens with one attached hydrogen (secondary N) is 1. The third-order valence-electron chi connectivity index (χ3n) is 7.25. The van der Waals surface area contributed by atoms with Crippen LogP contribution in [0.15, 0.2) is 77.2 Å². The first-order chi connectivity index (χ1) is 19.0. The second-order valence-corrected chi connectivity index (χ2v) is 9.85. The molecule has 10 heteroatoms. The number of rotatable bonds is 4. The average Bonchev–Trinajstić information content (AvgIpc) is 3.70. The van der Waals surface area contributed by atoms with Gasteiger partial charge in [0.25, 0.3) is 11.6 Å². The van der Waals surface area contributed by atoms with Gasteiger partial charge in [0.1, 0.15) is 5.76 Å². The number of hydrogen-bond acceptors (Lipinski definition) is 6. The molecular formula is C29H20ClN3O6. The molecule has 5 aromatic rings. The van der Waals surface area contributed by atoms with E-state index in [0.717, 1.165) is 27.7 Å². The Bertz CT molecular complexity index is 1790. The van der Waals surface area contributed by atoms with Crippen LogP contribution in [0.3, 0.4) is 0 Å². The molecule has 4 heterocycles. The zero-order valence-corrected chi connectivity index (χ0v) is 21.1. The van der Waals surface area contributed by atoms with Gasteiger partial charge in [0.15, 0.2) is 17.3 Å². The van der Waals surface area contributed by atoms with Crippen molar-refractivity contribution in [3.8, 4) is 22.8 Å². The summed E-state index contributed by atoms with van der Waals surface area (Å²) in [5.41, 5.74) is 3.99. The van der Waals surface area contributed by atoms with Crippen LogP contribution in [0.4, 0.5) is 5.69 Å². The summed E-state index contributed by atoms with van der Waals surface area (Å²) in [6, 6.07) is 20.8. The van der Waals surface area contributed by atoms with E-state index in [2.05, 4.69) is 11.1 Å². The Kier molecular flexibility index (Phi) is 5.34. The maximum atomic E-state index is 14.0. The van der Waals surface area contributed by atoms with E-state index in [1.54, 1.807) is 23.1 Å². The zero-order valence-electron chi connectivity index (χ0n) is 20.3. The molecule has 1 unspecified atom stereocenters. The van der Waals surface area contributed by atoms with Crippen molar-refractivity contribution in [2.75, 3.05) is 13.3 Å². The number of nitro groups is 1. The van der Waals surface area contributed by atoms with Crippen LogP contribution in [-0.2, 0) is 6.42 Å². The van der Waals surface area contributed by atoms with Crippen molar-refractivity contribution in [2.45, 2.75) is 12.5 Å². The molecule has 194 valence electrons. The number of furan rings is 1. The lowest BCUT2D eigenvalue weighted by atomic mass is 9.92. The molecule has 0 fully saturated rings. The number of aromatic amines is 1. The lowest BCUT2D eigenvalue weighted by molar-refractivity contribution is -0.384. The largest absolute Gasteiger partial charge is 0.454 e. The molecule has 2 aromatic heterocycles. The van der Waals surface area contributed by atoms with Gasteiger partial charge in [-0.05, 0) is 60.0 Å². The molecule has 0 saturated heterocycles. The Balaban J connectivity index is 1.31. The fourth-order valence-corrected chi connectivity index (χ4v) is 5.66. The highest BCUT2D eigenvalue weighted by Gasteiger charge is 2.37. The standard InChI is InChI=1S/C29H20ClN3O6/c30-17-6-7-20(22(14-17)33(35)36)23-9-10-25(39-23)29(34)32-12-11-19-18-3-1-2-4-21(18)31-27(19)28(32)16-5-8-24-26(13-16)38-15-37-24/h1-10,13-14,28,31H,11-12,15H2. The van der Waals surface area contributed by atoms with Crippen molar-refractivity contribution in [3.05, 3.63) is 111 Å². The Morgan fingerprint density at radius 2 is 1.87 bits per heavy atom. The summed E-state index contributed by atoms with van der Waals surface area (Å²) in [7, 11) is 0. The molecule has 39 heavy (non-hydrogen) atoms. The molecule has 9 nitrogen and oxygen atoms in total. The van der Waals surface area contributed by atoms with Crippen molar-refractivity contribution < 1.29 is 23.6 Å². The van der Waals surface area contributed by atoms with Gasteiger partial charge in [0, 0.05) is 34.2 Å². The lowest BCUT2D eigenvalue weighted by Gasteiger charge is -2.35. The maximum Gasteiger partial charge on any atom is 0.290 e. The van der Waals surface area contributed by atoms with Gasteiger partial charge in [-0.1, -0.05) is 35.9 Å². The van der Waals surface area contributed by atoms with Gasteiger partial charge in [-0.15, -0.1) is 0 Å². The molecule has 2 aliphatic heterocycles. The minimum Gasteiger partial charge on any atom is -0.454 e. The molecule has 7 rings (SSSR count). The molecule has 1 amide bonds. The zero-order chi connectivity index (χ0) is 26.7. The van der Waals surface area contributed by atoms with Crippen LogP contribution in [0.1, 0.15) is 33.4 Å². The van der Waals surface area contributed by atoms with Crippen molar-refractivity contribution >= 4 is 34.1 Å². The fraction of sp³-hybridized carbons (Fsp3) is 0.138. The van der Waals surface area contributed by atoms with Gasteiger partial charge < -0.3 is 23.8 Å². The first kappa shape index (κ1) is 23.4. The Morgan fingerprint density at radius 1 is 1.03 bits per heavy atom. The number of hydrogen-bond donors (Lipinski definition) is 1. The second-order valence-electron chi connectivity index (χ2n) is 9.41. The molecule has 1 N–H and O–H groups in total. The number of halogens is 1. The van der Waals surface area contributed by atoms with Crippen LogP contribution in [0.25, 0.3) is 22.2 Å². The van der Waals surface area contributed by atoms with Gasteiger partial charge in [-0.3, -0.25) is 14.9 Å². The quantitative estimate of drug-likeness (QED) is 0.205. The van der Waals surface area contributed by atoms with Crippen molar-refractivity contribution in [3.63, 3.8) is 0 Å². The molecule has 0 radical (unpaired) electrons. The number of carbonyl (C=O) groups excluding carboxylic acids is 1. The first-order valence-corrected chi connectivity index (χ1v) is 12.7. The summed E-state index contributed by atoms with van der Waals surface area (Å²) < 4.78 is 17.1. The number of benzene rings is 3. The topological polar surface area (TPSA) is 111 Å². The molecule has 0 aliphatic carbocycles. The number of nitrogens with zero attached hydrogens (tertiary/aromatic N) is 2. The molecule has 1 atom stereocenters. The number of carbonyl (C=O) groups is 1. The van der Waals surface area contributed by atoms with Crippen LogP contribution < -0.4 is 9.47 Å². The van der Waals surface area contributed by atoms with Crippen LogP contribution in [-0.4, -0.2) is 34.1 Å². The smallest absolute Gasteiger partial charge is 0.290 e. The highest BCUT2D eigenvalue weighted by molar-refractivity contribution is 6.30. The Hall–Kier alpha value is -4.76. The predicted octanol–water partition coefficient (Wildman–Crippen LogP) is 6.51. The minimum atomic E-state index is -0.525. The highest BCUT2D eigenvalue weighted by Crippen LogP contribution is 2.43. The third kappa shape index (κ3) is 3.81. The number of H-pyrrole nitrogens is 1. The van der Waals surface area contributed by atoms with Gasteiger partial charge >= 0.3 is 0 Å². The van der Waals surface area contributed by atoms with E-state index in [0.29, 0.717) is 24.5 Å². The molecule has 0 bridgehead atoms. The second kappa shape index (κ2) is 8.92. The number of fused-ring (bicyclic) bond motifs is 4. The van der Waals surface area contributed by atoms with Crippen molar-refractivity contribution in [1.29, 1.82) is 0 Å². The monoisotopic (exact) mass is 541 g/mol. The van der Waals surface area contributed by atoms with E-state index in [-0.39, 0.29) is 40.5 Å². The highest BCUT2D eigenvalue weighted by atomic mass is 35.5. The summed E-state index contributed by atoms with van der Waals surface area (Å²) in [5.74, 6) is 1.25. The SMILES string of the molecule is O=C(c1ccc(-c2ccc(Cl)cc2[N+](=O)[O-])o1)N1CCc2c([nH]c3ccccc23)C1c1ccc2c(c1)OCO2. The number of aromatic nitrogens is 1. The average molecular weight is 542 g/mol. The minimum absolute atomic E-state index is 0.0829. The van der Waals surface area contributed by atoms with Gasteiger partial charge in [-0.25, -0.2) is 0 Å². The third-order valence-corrected chi connectivity index (χ3v) is 7.48. The number of amides is 1. The number of para-hydroxylation sites is 1. The van der Waals surface area contributed by atoms with Crippen molar-refractivity contribution in [2.24, 2.45) is 0 Å². The van der Waals surface area contributed by atoms with E-state index in [4.69, 9.17) is 25.5 Å². The van der Waals surface area contributed by atoms with E-state index < -0.39 is 11.0 Å². The van der Waals surface area contributed by atoms with Gasteiger partial charge in [0.2, 0.25) is 6.79 Å². The summed E-state index contributed by atoms with van der Waals surface area (Å²) in [5, 5.41) is 13.0. The van der Waals surface area contributed by atoms with E-state index >= 15 is 0 Å². The molecule has 0 spiro atoms. The van der Waals surface area contributed by atoms with Crippen LogP contribution in [0.5, 0.6) is 11.5 Å². The maximum absolute atomic E-state index is 14.0. The summed E-state index contributed by atoms with van der Waals surface area (Å²) in [4.78, 5) is 30.4. The Morgan fingerprint density at radius 3 is 2.74 bits per heavy atom. The number of nitro benzene ring substituents is 1. The van der Waals surface area contributed by atoms with E-state index in [1.807, 2.05) is 36.4 Å². The molecular weight excluding hydrogens is 522 g/mol. The normalized spacial score (nSPS) is 15.9. The summed E-state index contributed by atoms with van der Waals surface area (Å²) in [6.07, 6.45) is 0.655. The summed E-state index contributed by atoms with van der Waals surface area (Å²) in [6.45, 7) is 0.597. The van der Waals surface area contributed by atoms with Gasteiger partial charge in [-0.2, -0.15) is 0 Å². The van der Waals surface area contributed by atoms with Crippen molar-refractivity contribution in [1.82, 2.24) is 9.88 Å².